The van der Waals surface area contributed by atoms with Crippen LogP contribution in [0.4, 0.5) is 10.6 Å². The molecule has 3 saturated heterocycles. The zero-order chi connectivity index (χ0) is 16.4. The first-order valence-corrected chi connectivity index (χ1v) is 8.80. The van der Waals surface area contributed by atoms with Crippen LogP contribution in [0.1, 0.15) is 19.3 Å². The molecule has 0 spiro atoms. The Labute approximate surface area is 141 Å². The second-order valence-electron chi connectivity index (χ2n) is 6.75. The van der Waals surface area contributed by atoms with Crippen molar-refractivity contribution < 1.29 is 14.3 Å². The summed E-state index contributed by atoms with van der Waals surface area (Å²) in [6.45, 7) is 5.26. The van der Waals surface area contributed by atoms with E-state index in [0.717, 1.165) is 50.7 Å². The summed E-state index contributed by atoms with van der Waals surface area (Å²) in [5, 5.41) is 2.83. The molecule has 1 aromatic heterocycles. The van der Waals surface area contributed by atoms with Crippen LogP contribution in [0.25, 0.3) is 0 Å². The zero-order valence-electron chi connectivity index (χ0n) is 13.8. The number of carbonyl (C=O) groups excluding carboxylic acids is 1. The van der Waals surface area contributed by atoms with Crippen molar-refractivity contribution in [1.29, 1.82) is 0 Å². The Hall–Kier alpha value is -2.02. The van der Waals surface area contributed by atoms with E-state index in [1.165, 1.54) is 12.8 Å². The molecule has 0 saturated carbocycles. The molecule has 24 heavy (non-hydrogen) atoms. The molecule has 0 aliphatic carbocycles. The van der Waals surface area contributed by atoms with Crippen LogP contribution in [0.3, 0.4) is 0 Å². The van der Waals surface area contributed by atoms with Gasteiger partial charge in [0, 0.05) is 38.9 Å². The first-order valence-electron chi connectivity index (χ1n) is 8.80. The summed E-state index contributed by atoms with van der Waals surface area (Å²) in [5.74, 6) is 1.87. The first kappa shape index (κ1) is 15.5. The maximum Gasteiger partial charge on any atom is 0.407 e. The van der Waals surface area contributed by atoms with Crippen LogP contribution >= 0.6 is 0 Å². The highest BCUT2D eigenvalue weighted by atomic mass is 16.6. The first-order chi connectivity index (χ1) is 11.8. The van der Waals surface area contributed by atoms with Crippen molar-refractivity contribution in [3.8, 4) is 5.75 Å². The summed E-state index contributed by atoms with van der Waals surface area (Å²) in [6.07, 6.45) is 5.15. The van der Waals surface area contributed by atoms with Gasteiger partial charge in [0.15, 0.2) is 11.6 Å². The number of hydrogen-bond donors (Lipinski definition) is 1. The topological polar surface area (TPSA) is 66.9 Å². The molecule has 0 bridgehead atoms. The lowest BCUT2D eigenvalue weighted by atomic mass is 10.3. The predicted molar refractivity (Wildman–Crippen MR) is 89.4 cm³/mol. The standard InChI is InChI=1S/C17H24N4O3/c22-17-19-13(12-23-17)10-20-9-5-14(11-20)24-15-4-3-6-18-16(15)21-7-1-2-8-21/h3-4,6,13-14H,1-2,5,7-12H2,(H,19,22)/t13-,14+/m0/s1. The van der Waals surface area contributed by atoms with Crippen molar-refractivity contribution in [2.75, 3.05) is 44.2 Å². The quantitative estimate of drug-likeness (QED) is 0.875. The van der Waals surface area contributed by atoms with Gasteiger partial charge < -0.3 is 19.7 Å². The lowest BCUT2D eigenvalue weighted by Crippen LogP contribution is -2.39. The third-order valence-electron chi connectivity index (χ3n) is 4.90. The van der Waals surface area contributed by atoms with Crippen molar-refractivity contribution in [3.05, 3.63) is 18.3 Å². The zero-order valence-corrected chi connectivity index (χ0v) is 13.8. The minimum atomic E-state index is -0.308. The van der Waals surface area contributed by atoms with E-state index < -0.39 is 0 Å². The highest BCUT2D eigenvalue weighted by molar-refractivity contribution is 5.69. The number of likely N-dealkylation sites (tertiary alicyclic amines) is 1. The van der Waals surface area contributed by atoms with E-state index in [0.29, 0.717) is 6.61 Å². The van der Waals surface area contributed by atoms with Crippen LogP contribution in [0, 0.1) is 0 Å². The number of rotatable bonds is 5. The number of carbonyl (C=O) groups is 1. The Morgan fingerprint density at radius 2 is 2.21 bits per heavy atom. The number of cyclic esters (lactones) is 1. The molecule has 7 nitrogen and oxygen atoms in total. The number of nitrogens with zero attached hydrogens (tertiary/aromatic N) is 3. The minimum absolute atomic E-state index is 0.0924. The molecule has 4 rings (SSSR count). The van der Waals surface area contributed by atoms with Gasteiger partial charge in [0.25, 0.3) is 0 Å². The molecule has 3 aliphatic rings. The number of alkyl carbamates (subject to hydrolysis) is 1. The van der Waals surface area contributed by atoms with Crippen LogP contribution in [0.2, 0.25) is 0 Å². The van der Waals surface area contributed by atoms with Crippen LogP contribution in [-0.4, -0.2) is 67.5 Å². The maximum absolute atomic E-state index is 11.1. The number of amides is 1. The van der Waals surface area contributed by atoms with E-state index in [2.05, 4.69) is 20.1 Å². The van der Waals surface area contributed by atoms with Gasteiger partial charge in [-0.05, 0) is 31.4 Å². The minimum Gasteiger partial charge on any atom is -0.485 e. The smallest absolute Gasteiger partial charge is 0.407 e. The van der Waals surface area contributed by atoms with Crippen LogP contribution < -0.4 is 15.0 Å². The van der Waals surface area contributed by atoms with Gasteiger partial charge >= 0.3 is 6.09 Å². The SMILES string of the molecule is O=C1N[C@@H](CN2CC[C@@H](Oc3cccnc3N3CCCC3)C2)CO1. The molecule has 1 N–H and O–H groups in total. The van der Waals surface area contributed by atoms with Gasteiger partial charge in [0.05, 0.1) is 6.04 Å². The van der Waals surface area contributed by atoms with Gasteiger partial charge in [-0.1, -0.05) is 0 Å². The van der Waals surface area contributed by atoms with Crippen molar-refractivity contribution in [3.63, 3.8) is 0 Å². The highest BCUT2D eigenvalue weighted by Gasteiger charge is 2.30. The normalized spacial score (nSPS) is 27.3. The van der Waals surface area contributed by atoms with Crippen molar-refractivity contribution in [2.45, 2.75) is 31.4 Å². The number of nitrogens with one attached hydrogen (secondary N) is 1. The van der Waals surface area contributed by atoms with Crippen molar-refractivity contribution in [2.24, 2.45) is 0 Å². The molecule has 130 valence electrons. The average Bonchev–Trinajstić information content (AvgIpc) is 3.32. The average molecular weight is 332 g/mol. The monoisotopic (exact) mass is 332 g/mol. The largest absolute Gasteiger partial charge is 0.485 e. The van der Waals surface area contributed by atoms with Gasteiger partial charge in [0.1, 0.15) is 12.7 Å². The van der Waals surface area contributed by atoms with E-state index in [4.69, 9.17) is 9.47 Å². The number of aromatic nitrogens is 1. The number of anilines is 1. The predicted octanol–water partition coefficient (Wildman–Crippen LogP) is 1.24. The van der Waals surface area contributed by atoms with Crippen LogP contribution in [-0.2, 0) is 4.74 Å². The third kappa shape index (κ3) is 3.40. The highest BCUT2D eigenvalue weighted by Crippen LogP contribution is 2.30. The number of pyridine rings is 1. The molecular weight excluding hydrogens is 308 g/mol. The van der Waals surface area contributed by atoms with Gasteiger partial charge in [-0.25, -0.2) is 9.78 Å². The molecule has 1 amide bonds. The van der Waals surface area contributed by atoms with E-state index in [1.807, 2.05) is 18.3 Å². The number of hydrogen-bond acceptors (Lipinski definition) is 6. The molecule has 3 fully saturated rings. The fourth-order valence-corrected chi connectivity index (χ4v) is 3.72. The summed E-state index contributed by atoms with van der Waals surface area (Å²) in [6, 6.07) is 4.05. The van der Waals surface area contributed by atoms with Crippen LogP contribution in [0.15, 0.2) is 18.3 Å². The second-order valence-corrected chi connectivity index (χ2v) is 6.75. The van der Waals surface area contributed by atoms with E-state index >= 15 is 0 Å². The third-order valence-corrected chi connectivity index (χ3v) is 4.90. The van der Waals surface area contributed by atoms with Crippen molar-refractivity contribution >= 4 is 11.9 Å². The Kier molecular flexibility index (Phi) is 4.42. The Bertz CT molecular complexity index is 591. The van der Waals surface area contributed by atoms with Crippen LogP contribution in [0.5, 0.6) is 5.75 Å². The molecule has 7 heteroatoms. The Morgan fingerprint density at radius 3 is 3.00 bits per heavy atom. The molecule has 3 aliphatic heterocycles. The van der Waals surface area contributed by atoms with Gasteiger partial charge in [-0.2, -0.15) is 0 Å². The molecule has 4 heterocycles. The second kappa shape index (κ2) is 6.84. The Morgan fingerprint density at radius 1 is 1.33 bits per heavy atom. The molecule has 0 radical (unpaired) electrons. The summed E-state index contributed by atoms with van der Waals surface area (Å²) in [5.41, 5.74) is 0. The maximum atomic E-state index is 11.1. The lowest BCUT2D eigenvalue weighted by Gasteiger charge is -2.23. The van der Waals surface area contributed by atoms with Gasteiger partial charge in [0.2, 0.25) is 0 Å². The summed E-state index contributed by atoms with van der Waals surface area (Å²) in [7, 11) is 0. The lowest BCUT2D eigenvalue weighted by molar-refractivity contribution is 0.173. The van der Waals surface area contributed by atoms with E-state index in [9.17, 15) is 4.79 Å². The van der Waals surface area contributed by atoms with Crippen molar-refractivity contribution in [1.82, 2.24) is 15.2 Å². The molecular formula is C17H24N4O3. The molecule has 0 aromatic carbocycles. The number of ether oxygens (including phenoxy) is 2. The van der Waals surface area contributed by atoms with E-state index in [1.54, 1.807) is 0 Å². The summed E-state index contributed by atoms with van der Waals surface area (Å²) >= 11 is 0. The fourth-order valence-electron chi connectivity index (χ4n) is 3.72. The van der Waals surface area contributed by atoms with E-state index in [-0.39, 0.29) is 18.2 Å². The molecule has 1 aromatic rings. The van der Waals surface area contributed by atoms with Gasteiger partial charge in [-0.15, -0.1) is 0 Å². The summed E-state index contributed by atoms with van der Waals surface area (Å²) < 4.78 is 11.2. The fraction of sp³-hybridized carbons (Fsp3) is 0.647. The van der Waals surface area contributed by atoms with Gasteiger partial charge in [-0.3, -0.25) is 4.90 Å². The summed E-state index contributed by atoms with van der Waals surface area (Å²) in [4.78, 5) is 20.3. The molecule has 2 atom stereocenters. The molecule has 0 unspecified atom stereocenters. The Balaban J connectivity index is 1.34.